The van der Waals surface area contributed by atoms with Crippen LogP contribution in [0.1, 0.15) is 34.5 Å². The first-order valence-corrected chi connectivity index (χ1v) is 14.8. The summed E-state index contributed by atoms with van der Waals surface area (Å²) in [6.45, 7) is 9.41. The Hall–Kier alpha value is -4.16. The number of anilines is 2. The van der Waals surface area contributed by atoms with Gasteiger partial charge in [-0.1, -0.05) is 18.2 Å². The second-order valence-electron chi connectivity index (χ2n) is 11.7. The van der Waals surface area contributed by atoms with Gasteiger partial charge >= 0.3 is 12.1 Å². The molecule has 0 spiro atoms. The Morgan fingerprint density at radius 3 is 2.60 bits per heavy atom. The maximum Gasteiger partial charge on any atom is 0.407 e. The number of alkyl carbamates (subject to hydrolysis) is 1. The molecular weight excluding hydrogens is 552 g/mol. The van der Waals surface area contributed by atoms with Gasteiger partial charge in [0.25, 0.3) is 5.56 Å². The normalized spacial score (nSPS) is 22.2. The lowest BCUT2D eigenvalue weighted by Gasteiger charge is -2.26. The number of morpholine rings is 1. The van der Waals surface area contributed by atoms with Crippen LogP contribution in [-0.2, 0) is 16.5 Å². The highest BCUT2D eigenvalue weighted by Crippen LogP contribution is 2.46. The maximum atomic E-state index is 13.6. The van der Waals surface area contributed by atoms with Crippen molar-refractivity contribution in [2.45, 2.75) is 25.9 Å². The molecule has 3 unspecified atom stereocenters. The zero-order chi connectivity index (χ0) is 30.2. The number of carbonyl (C=O) groups excluding carboxylic acids is 1. The molecular formula is C31H38N6O6. The summed E-state index contributed by atoms with van der Waals surface area (Å²) in [4.78, 5) is 47.1. The molecule has 3 N–H and O–H groups in total. The number of rotatable bonds is 9. The average molecular weight is 591 g/mol. The molecule has 1 aliphatic carbocycles. The van der Waals surface area contributed by atoms with Crippen molar-refractivity contribution in [3.63, 3.8) is 0 Å². The van der Waals surface area contributed by atoms with Crippen molar-refractivity contribution in [2.24, 2.45) is 18.9 Å². The number of carboxylic acid groups (broad SMARTS) is 1. The predicted octanol–water partition coefficient (Wildman–Crippen LogP) is 2.61. The number of amides is 1. The van der Waals surface area contributed by atoms with Crippen molar-refractivity contribution in [3.8, 4) is 0 Å². The molecule has 228 valence electrons. The number of fused-ring (bicyclic) bond motifs is 2. The summed E-state index contributed by atoms with van der Waals surface area (Å²) in [5.74, 6) is 0.107. The summed E-state index contributed by atoms with van der Waals surface area (Å²) in [5, 5.41) is 16.5. The van der Waals surface area contributed by atoms with Crippen LogP contribution in [0.2, 0.25) is 0 Å². The van der Waals surface area contributed by atoms with Crippen LogP contribution in [0.15, 0.2) is 41.2 Å². The number of benzene rings is 2. The second kappa shape index (κ2) is 11.8. The lowest BCUT2D eigenvalue weighted by atomic mass is 10.0. The smallest absolute Gasteiger partial charge is 0.407 e. The lowest BCUT2D eigenvalue weighted by molar-refractivity contribution is 0.0280. The summed E-state index contributed by atoms with van der Waals surface area (Å²) < 4.78 is 12.4. The monoisotopic (exact) mass is 590 g/mol. The van der Waals surface area contributed by atoms with Crippen molar-refractivity contribution in [1.82, 2.24) is 19.8 Å². The van der Waals surface area contributed by atoms with Crippen LogP contribution in [0.25, 0.3) is 10.9 Å². The van der Waals surface area contributed by atoms with Gasteiger partial charge in [0.15, 0.2) is 0 Å². The van der Waals surface area contributed by atoms with Crippen molar-refractivity contribution in [2.75, 3.05) is 62.8 Å². The third kappa shape index (κ3) is 5.89. The van der Waals surface area contributed by atoms with Crippen molar-refractivity contribution < 1.29 is 24.2 Å². The van der Waals surface area contributed by atoms with Gasteiger partial charge < -0.3 is 30.1 Å². The molecule has 2 aromatic carbocycles. The highest BCUT2D eigenvalue weighted by molar-refractivity contribution is 5.94. The molecule has 12 nitrogen and oxygen atoms in total. The van der Waals surface area contributed by atoms with E-state index in [2.05, 4.69) is 20.4 Å². The van der Waals surface area contributed by atoms with E-state index in [0.29, 0.717) is 62.0 Å². The van der Waals surface area contributed by atoms with E-state index in [0.717, 1.165) is 24.2 Å². The van der Waals surface area contributed by atoms with Crippen LogP contribution >= 0.6 is 0 Å². The molecule has 3 aliphatic rings. The van der Waals surface area contributed by atoms with E-state index >= 15 is 0 Å². The van der Waals surface area contributed by atoms with E-state index in [1.807, 2.05) is 26.0 Å². The molecule has 12 heteroatoms. The summed E-state index contributed by atoms with van der Waals surface area (Å²) in [5.41, 5.74) is 2.87. The maximum absolute atomic E-state index is 13.6. The highest BCUT2D eigenvalue weighted by Gasteiger charge is 2.57. The molecule has 2 saturated heterocycles. The number of carboxylic acids is 1. The first kappa shape index (κ1) is 28.9. The number of piperidine rings is 1. The average Bonchev–Trinajstić information content (AvgIpc) is 3.40. The molecule has 1 saturated carbocycles. The number of carbonyl (C=O) groups is 2. The Kier molecular flexibility index (Phi) is 7.97. The van der Waals surface area contributed by atoms with E-state index in [1.165, 1.54) is 0 Å². The van der Waals surface area contributed by atoms with Gasteiger partial charge in [0, 0.05) is 68.9 Å². The number of nitrogens with zero attached hydrogens (tertiary/aromatic N) is 4. The molecule has 3 atom stereocenters. The fourth-order valence-electron chi connectivity index (χ4n) is 6.43. The third-order valence-electron chi connectivity index (χ3n) is 8.83. The molecule has 0 radical (unpaired) electrons. The number of para-hydroxylation sites is 1. The Bertz CT molecular complexity index is 1590. The number of hydrogen-bond acceptors (Lipinski definition) is 9. The molecule has 1 aromatic heterocycles. The van der Waals surface area contributed by atoms with Crippen LogP contribution in [0, 0.1) is 18.8 Å². The van der Waals surface area contributed by atoms with Crippen LogP contribution in [0.5, 0.6) is 0 Å². The lowest BCUT2D eigenvalue weighted by Crippen LogP contribution is -2.40. The van der Waals surface area contributed by atoms with Crippen molar-refractivity contribution >= 4 is 34.6 Å². The Labute approximate surface area is 249 Å². The van der Waals surface area contributed by atoms with E-state index in [-0.39, 0.29) is 41.1 Å². The van der Waals surface area contributed by atoms with Gasteiger partial charge in [-0.2, -0.15) is 0 Å². The quantitative estimate of drug-likeness (QED) is 0.341. The second-order valence-corrected chi connectivity index (χ2v) is 11.7. The van der Waals surface area contributed by atoms with Gasteiger partial charge in [-0.3, -0.25) is 14.3 Å². The van der Waals surface area contributed by atoms with E-state index in [1.54, 1.807) is 35.9 Å². The minimum Gasteiger partial charge on any atom is -0.478 e. The van der Waals surface area contributed by atoms with Gasteiger partial charge in [-0.05, 0) is 37.6 Å². The number of nitrogens with one attached hydrogen (secondary N) is 2. The number of aryl methyl sites for hydroxylation is 1. The summed E-state index contributed by atoms with van der Waals surface area (Å²) in [6, 6.07) is 10.4. The summed E-state index contributed by atoms with van der Waals surface area (Å²) >= 11 is 0. The summed E-state index contributed by atoms with van der Waals surface area (Å²) in [7, 11) is 1.74. The molecule has 6 rings (SSSR count). The fourth-order valence-corrected chi connectivity index (χ4v) is 6.43. The molecule has 43 heavy (non-hydrogen) atoms. The van der Waals surface area contributed by atoms with E-state index < -0.39 is 5.97 Å². The number of hydrogen-bond donors (Lipinski definition) is 3. The number of aromatic carboxylic acids is 1. The number of ether oxygens (including phenoxy) is 2. The first-order valence-electron chi connectivity index (χ1n) is 14.8. The fraction of sp³-hybridized carbons (Fsp3) is 0.484. The zero-order valence-corrected chi connectivity index (χ0v) is 24.7. The predicted molar refractivity (Wildman–Crippen MR) is 162 cm³/mol. The van der Waals surface area contributed by atoms with Crippen LogP contribution < -0.4 is 21.1 Å². The van der Waals surface area contributed by atoms with Gasteiger partial charge in [0.2, 0.25) is 5.95 Å². The van der Waals surface area contributed by atoms with Crippen LogP contribution in [0.3, 0.4) is 0 Å². The molecule has 2 aliphatic heterocycles. The van der Waals surface area contributed by atoms with E-state index in [9.17, 15) is 19.5 Å². The highest BCUT2D eigenvalue weighted by atomic mass is 16.5. The topological polar surface area (TPSA) is 138 Å². The van der Waals surface area contributed by atoms with Gasteiger partial charge in [0.1, 0.15) is 6.61 Å². The minimum atomic E-state index is -1.01. The molecule has 1 amide bonds. The Morgan fingerprint density at radius 2 is 1.88 bits per heavy atom. The minimum absolute atomic E-state index is 0.0568. The van der Waals surface area contributed by atoms with E-state index in [4.69, 9.17) is 14.5 Å². The zero-order valence-electron chi connectivity index (χ0n) is 24.7. The summed E-state index contributed by atoms with van der Waals surface area (Å²) in [6.07, 6.45) is -0.388. The van der Waals surface area contributed by atoms with Crippen LogP contribution in [0.4, 0.5) is 16.4 Å². The Balaban J connectivity index is 1.15. The van der Waals surface area contributed by atoms with Crippen molar-refractivity contribution in [3.05, 3.63) is 63.4 Å². The molecule has 3 aromatic rings. The molecule has 0 bridgehead atoms. The third-order valence-corrected chi connectivity index (χ3v) is 8.83. The molecule has 3 heterocycles. The first-order chi connectivity index (χ1) is 20.7. The Morgan fingerprint density at radius 1 is 1.16 bits per heavy atom. The van der Waals surface area contributed by atoms with Gasteiger partial charge in [-0.15, -0.1) is 0 Å². The standard InChI is InChI=1S/C31H38N6O6/c1-18-14-21(19(2)32-25-7-5-4-6-20(25)29(39)40)26-22(15-18)28(38)35(3)30(33-26)37-16-23-24(17-37)27(23)34-31(41)43-13-10-36-8-11-42-12-9-36/h4-7,14-15,19,23-24,27,32H,8-13,16-17H2,1-3H3,(H,34,41)(H,39,40). The van der Waals surface area contributed by atoms with Crippen LogP contribution in [-0.4, -0.2) is 90.2 Å². The van der Waals surface area contributed by atoms with Gasteiger partial charge in [0.05, 0.1) is 35.7 Å². The van der Waals surface area contributed by atoms with Crippen molar-refractivity contribution in [1.29, 1.82) is 0 Å². The SMILES string of the molecule is Cc1cc(C(C)Nc2ccccc2C(=O)O)c2nc(N3CC4C(C3)C4NC(=O)OCCN3CCOCC3)n(C)c(=O)c2c1. The molecule has 3 fully saturated rings. The number of aromatic nitrogens is 2. The largest absolute Gasteiger partial charge is 0.478 e. The van der Waals surface area contributed by atoms with Gasteiger partial charge in [-0.25, -0.2) is 14.6 Å².